The molecule has 0 aliphatic heterocycles. The van der Waals surface area contributed by atoms with Crippen molar-refractivity contribution in [3.8, 4) is 5.75 Å². The van der Waals surface area contributed by atoms with Crippen LogP contribution in [0.4, 0.5) is 0 Å². The van der Waals surface area contributed by atoms with E-state index in [9.17, 15) is 4.79 Å². The van der Waals surface area contributed by atoms with Gasteiger partial charge >= 0.3 is 5.97 Å². The summed E-state index contributed by atoms with van der Waals surface area (Å²) in [5.74, 6) is 0.686. The van der Waals surface area contributed by atoms with Crippen LogP contribution in [0.2, 0.25) is 0 Å². The fraction of sp³-hybridized carbons (Fsp3) is 0.250. The molecule has 0 atom stereocenters. The summed E-state index contributed by atoms with van der Waals surface area (Å²) in [6.45, 7) is 2.67. The summed E-state index contributed by atoms with van der Waals surface area (Å²) in [6.07, 6.45) is 0. The van der Waals surface area contributed by atoms with Gasteiger partial charge in [0.1, 0.15) is 35.9 Å². The Balaban J connectivity index is 1.86. The molecule has 0 saturated heterocycles. The van der Waals surface area contributed by atoms with Crippen molar-refractivity contribution in [1.29, 1.82) is 0 Å². The van der Waals surface area contributed by atoms with Gasteiger partial charge in [-0.3, -0.25) is 0 Å². The average Bonchev–Trinajstić information content (AvgIpc) is 2.95. The second kappa shape index (κ2) is 8.91. The first-order chi connectivity index (χ1) is 13.0. The third-order valence-electron chi connectivity index (χ3n) is 3.95. The fourth-order valence-corrected chi connectivity index (χ4v) is 3.32. The zero-order chi connectivity index (χ0) is 19.4. The number of furan rings is 1. The van der Waals surface area contributed by atoms with Gasteiger partial charge in [0.05, 0.1) is 11.1 Å². The standard InChI is InChI=1S/C20H18Br2O5/c1-12-19(20(23)25-8-7-24-2)15-9-18(16(22)10-17(15)27-12)26-11-13-3-5-14(21)6-4-13/h3-6,9-10H,7-8,11H2,1-2H3. The number of benzene rings is 2. The van der Waals surface area contributed by atoms with Crippen LogP contribution in [-0.4, -0.2) is 26.3 Å². The second-order valence-electron chi connectivity index (χ2n) is 5.86. The number of fused-ring (bicyclic) bond motifs is 1. The topological polar surface area (TPSA) is 57.9 Å². The summed E-state index contributed by atoms with van der Waals surface area (Å²) in [6, 6.07) is 11.5. The van der Waals surface area contributed by atoms with E-state index in [4.69, 9.17) is 18.6 Å². The van der Waals surface area contributed by atoms with Gasteiger partial charge in [-0.2, -0.15) is 0 Å². The molecule has 142 valence electrons. The lowest BCUT2D eigenvalue weighted by Gasteiger charge is -2.09. The van der Waals surface area contributed by atoms with Crippen LogP contribution >= 0.6 is 31.9 Å². The van der Waals surface area contributed by atoms with E-state index >= 15 is 0 Å². The van der Waals surface area contributed by atoms with Crippen molar-refractivity contribution in [2.24, 2.45) is 0 Å². The van der Waals surface area contributed by atoms with Gasteiger partial charge in [0.25, 0.3) is 0 Å². The molecule has 0 bridgehead atoms. The largest absolute Gasteiger partial charge is 0.488 e. The number of rotatable bonds is 7. The number of esters is 1. The van der Waals surface area contributed by atoms with Crippen molar-refractivity contribution in [2.75, 3.05) is 20.3 Å². The second-order valence-corrected chi connectivity index (χ2v) is 7.63. The maximum atomic E-state index is 12.4. The Bertz CT molecular complexity index is 947. The highest BCUT2D eigenvalue weighted by molar-refractivity contribution is 9.10. The number of hydrogen-bond acceptors (Lipinski definition) is 5. The zero-order valence-corrected chi connectivity index (χ0v) is 18.1. The van der Waals surface area contributed by atoms with Crippen LogP contribution in [-0.2, 0) is 16.1 Å². The van der Waals surface area contributed by atoms with E-state index in [-0.39, 0.29) is 6.61 Å². The van der Waals surface area contributed by atoms with E-state index in [1.54, 1.807) is 26.2 Å². The normalized spacial score (nSPS) is 11.0. The van der Waals surface area contributed by atoms with E-state index in [0.717, 1.165) is 14.5 Å². The zero-order valence-electron chi connectivity index (χ0n) is 14.9. The van der Waals surface area contributed by atoms with Crippen molar-refractivity contribution in [1.82, 2.24) is 0 Å². The van der Waals surface area contributed by atoms with Crippen LogP contribution in [0.1, 0.15) is 21.7 Å². The van der Waals surface area contributed by atoms with Crippen molar-refractivity contribution in [3.05, 3.63) is 62.2 Å². The van der Waals surface area contributed by atoms with E-state index in [2.05, 4.69) is 31.9 Å². The molecule has 7 heteroatoms. The maximum absolute atomic E-state index is 12.4. The first-order valence-electron chi connectivity index (χ1n) is 8.25. The van der Waals surface area contributed by atoms with Crippen LogP contribution in [0.25, 0.3) is 11.0 Å². The SMILES string of the molecule is COCCOC(=O)c1c(C)oc2cc(Br)c(OCc3ccc(Br)cc3)cc12. The molecule has 2 aromatic carbocycles. The highest BCUT2D eigenvalue weighted by atomic mass is 79.9. The molecule has 0 radical (unpaired) electrons. The smallest absolute Gasteiger partial charge is 0.342 e. The number of hydrogen-bond donors (Lipinski definition) is 0. The summed E-state index contributed by atoms with van der Waals surface area (Å²) in [4.78, 5) is 12.4. The van der Waals surface area contributed by atoms with E-state index in [0.29, 0.717) is 41.3 Å². The maximum Gasteiger partial charge on any atom is 0.342 e. The van der Waals surface area contributed by atoms with Gasteiger partial charge in [0.15, 0.2) is 0 Å². The monoisotopic (exact) mass is 496 g/mol. The molecule has 3 rings (SSSR count). The Morgan fingerprint density at radius 3 is 2.56 bits per heavy atom. The molecular weight excluding hydrogens is 480 g/mol. The summed E-state index contributed by atoms with van der Waals surface area (Å²) in [7, 11) is 1.55. The number of aryl methyl sites for hydroxylation is 1. The quantitative estimate of drug-likeness (QED) is 0.312. The molecule has 0 amide bonds. The van der Waals surface area contributed by atoms with Gasteiger partial charge in [-0.05, 0) is 52.7 Å². The third-order valence-corrected chi connectivity index (χ3v) is 5.10. The molecule has 0 fully saturated rings. The molecule has 3 aromatic rings. The molecule has 0 saturated carbocycles. The van der Waals surface area contributed by atoms with E-state index in [1.807, 2.05) is 24.3 Å². The van der Waals surface area contributed by atoms with Crippen LogP contribution in [0.3, 0.4) is 0 Å². The predicted molar refractivity (Wildman–Crippen MR) is 109 cm³/mol. The molecule has 0 aliphatic carbocycles. The summed E-state index contributed by atoms with van der Waals surface area (Å²) < 4.78 is 23.6. The summed E-state index contributed by atoms with van der Waals surface area (Å²) >= 11 is 6.92. The van der Waals surface area contributed by atoms with Gasteiger partial charge in [0.2, 0.25) is 0 Å². The van der Waals surface area contributed by atoms with Gasteiger partial charge in [-0.25, -0.2) is 4.79 Å². The van der Waals surface area contributed by atoms with Gasteiger partial charge in [-0.15, -0.1) is 0 Å². The molecule has 1 aromatic heterocycles. The minimum Gasteiger partial charge on any atom is -0.488 e. The van der Waals surface area contributed by atoms with Crippen LogP contribution in [0.5, 0.6) is 5.75 Å². The predicted octanol–water partition coefficient (Wildman–Crippen LogP) is 5.65. The van der Waals surface area contributed by atoms with Crippen LogP contribution < -0.4 is 4.74 Å². The molecule has 0 unspecified atom stereocenters. The molecular formula is C20H18Br2O5. The van der Waals surface area contributed by atoms with Crippen LogP contribution in [0.15, 0.2) is 49.8 Å². The number of carbonyl (C=O) groups excluding carboxylic acids is 1. The summed E-state index contributed by atoms with van der Waals surface area (Å²) in [5, 5.41) is 0.656. The first kappa shape index (κ1) is 19.9. The Morgan fingerprint density at radius 2 is 1.85 bits per heavy atom. The van der Waals surface area contributed by atoms with Gasteiger partial charge in [-0.1, -0.05) is 28.1 Å². The first-order valence-corrected chi connectivity index (χ1v) is 9.84. The Labute approximate surface area is 173 Å². The van der Waals surface area contributed by atoms with Crippen molar-refractivity contribution >= 4 is 48.8 Å². The Hall–Kier alpha value is -1.83. The number of methoxy groups -OCH3 is 1. The Morgan fingerprint density at radius 1 is 1.11 bits per heavy atom. The highest BCUT2D eigenvalue weighted by Crippen LogP contribution is 2.35. The van der Waals surface area contributed by atoms with E-state index < -0.39 is 5.97 Å². The molecule has 5 nitrogen and oxygen atoms in total. The van der Waals surface area contributed by atoms with Crippen molar-refractivity contribution in [3.63, 3.8) is 0 Å². The third kappa shape index (κ3) is 4.72. The fourth-order valence-electron chi connectivity index (χ4n) is 2.62. The lowest BCUT2D eigenvalue weighted by Crippen LogP contribution is -2.10. The van der Waals surface area contributed by atoms with Gasteiger partial charge < -0.3 is 18.6 Å². The summed E-state index contributed by atoms with van der Waals surface area (Å²) in [5.41, 5.74) is 2.03. The lowest BCUT2D eigenvalue weighted by atomic mass is 10.1. The number of carbonyl (C=O) groups is 1. The number of halogens is 2. The molecule has 1 heterocycles. The van der Waals surface area contributed by atoms with Gasteiger partial charge in [0, 0.05) is 17.0 Å². The minimum atomic E-state index is -0.440. The Kier molecular flexibility index (Phi) is 6.57. The van der Waals surface area contributed by atoms with Crippen molar-refractivity contribution in [2.45, 2.75) is 13.5 Å². The molecule has 0 N–H and O–H groups in total. The lowest BCUT2D eigenvalue weighted by molar-refractivity contribution is 0.0388. The average molecular weight is 498 g/mol. The molecule has 0 aliphatic rings. The highest BCUT2D eigenvalue weighted by Gasteiger charge is 2.21. The molecule has 0 spiro atoms. The number of ether oxygens (including phenoxy) is 3. The van der Waals surface area contributed by atoms with E-state index in [1.165, 1.54) is 0 Å². The van der Waals surface area contributed by atoms with Crippen molar-refractivity contribution < 1.29 is 23.4 Å². The van der Waals surface area contributed by atoms with Crippen LogP contribution in [0, 0.1) is 6.92 Å². The molecule has 27 heavy (non-hydrogen) atoms. The minimum absolute atomic E-state index is 0.185.